The Kier molecular flexibility index (Phi) is 4.23. The molecule has 25 heavy (non-hydrogen) atoms. The van der Waals surface area contributed by atoms with Crippen molar-refractivity contribution in [2.45, 2.75) is 59.0 Å². The van der Waals surface area contributed by atoms with Crippen molar-refractivity contribution in [2.75, 3.05) is 0 Å². The number of aryl methyl sites for hydroxylation is 1. The third-order valence-corrected chi connectivity index (χ3v) is 9.66. The quantitative estimate of drug-likeness (QED) is 0.418. The highest BCUT2D eigenvalue weighted by atomic mass is 28.3. The van der Waals surface area contributed by atoms with Gasteiger partial charge in [-0.3, -0.25) is 0 Å². The fourth-order valence-corrected chi connectivity index (χ4v) is 8.32. The maximum absolute atomic E-state index is 2.55. The Balaban J connectivity index is 1.78. The van der Waals surface area contributed by atoms with Crippen molar-refractivity contribution in [3.8, 4) is 11.1 Å². The van der Waals surface area contributed by atoms with Crippen molar-refractivity contribution in [3.63, 3.8) is 0 Å². The second-order valence-electron chi connectivity index (χ2n) is 8.30. The summed E-state index contributed by atoms with van der Waals surface area (Å²) in [6.45, 7) is 9.57. The van der Waals surface area contributed by atoms with Crippen LogP contribution in [0.3, 0.4) is 0 Å². The zero-order valence-corrected chi connectivity index (χ0v) is 17.1. The van der Waals surface area contributed by atoms with Crippen LogP contribution in [-0.2, 0) is 0 Å². The van der Waals surface area contributed by atoms with Crippen molar-refractivity contribution in [2.24, 2.45) is 0 Å². The highest BCUT2D eigenvalue weighted by Crippen LogP contribution is 2.50. The number of hydrogen-bond acceptors (Lipinski definition) is 0. The van der Waals surface area contributed by atoms with E-state index in [9.17, 15) is 0 Å². The summed E-state index contributed by atoms with van der Waals surface area (Å²) in [5, 5.41) is 3.39. The lowest BCUT2D eigenvalue weighted by Gasteiger charge is -2.22. The van der Waals surface area contributed by atoms with Crippen LogP contribution in [0.4, 0.5) is 0 Å². The lowest BCUT2D eigenvalue weighted by molar-refractivity contribution is 0.667. The van der Waals surface area contributed by atoms with Crippen molar-refractivity contribution >= 4 is 18.5 Å². The van der Waals surface area contributed by atoms with Gasteiger partial charge in [0.25, 0.3) is 0 Å². The molecule has 0 aromatic heterocycles. The van der Waals surface area contributed by atoms with Crippen molar-refractivity contribution in [1.29, 1.82) is 0 Å². The predicted molar refractivity (Wildman–Crippen MR) is 113 cm³/mol. The molecule has 4 rings (SSSR count). The van der Waals surface area contributed by atoms with Gasteiger partial charge in [0.05, 0.1) is 0 Å². The zero-order chi connectivity index (χ0) is 17.6. The van der Waals surface area contributed by atoms with Crippen LogP contribution in [0.15, 0.2) is 42.0 Å². The molecule has 0 amide bonds. The van der Waals surface area contributed by atoms with Crippen LogP contribution in [0.25, 0.3) is 16.3 Å². The molecule has 1 heteroatoms. The molecule has 2 aromatic carbocycles. The number of benzene rings is 2. The maximum Gasteiger partial charge on any atom is 0.113 e. The smallest absolute Gasteiger partial charge is 0.0654 e. The number of hydrogen-bond donors (Lipinski definition) is 0. The molecule has 0 fully saturated rings. The Bertz CT molecular complexity index is 837. The fourth-order valence-electron chi connectivity index (χ4n) is 4.76. The molecule has 0 unspecified atom stereocenters. The van der Waals surface area contributed by atoms with E-state index in [0.717, 1.165) is 0 Å². The van der Waals surface area contributed by atoms with E-state index in [-0.39, 0.29) is 0 Å². The maximum atomic E-state index is 2.55. The van der Waals surface area contributed by atoms with Crippen LogP contribution in [-0.4, -0.2) is 8.07 Å². The van der Waals surface area contributed by atoms with Gasteiger partial charge in [-0.25, -0.2) is 0 Å². The van der Waals surface area contributed by atoms with Crippen LogP contribution in [0.1, 0.15) is 55.7 Å². The second kappa shape index (κ2) is 6.28. The van der Waals surface area contributed by atoms with E-state index in [4.69, 9.17) is 0 Å². The topological polar surface area (TPSA) is 0 Å². The van der Waals surface area contributed by atoms with Crippen LogP contribution >= 0.6 is 0 Å². The van der Waals surface area contributed by atoms with Crippen LogP contribution in [0.2, 0.25) is 13.1 Å². The lowest BCUT2D eigenvalue weighted by Crippen LogP contribution is -2.39. The predicted octanol–water partition coefficient (Wildman–Crippen LogP) is 6.42. The van der Waals surface area contributed by atoms with Gasteiger partial charge in [-0.2, -0.15) is 0 Å². The third kappa shape index (κ3) is 2.64. The van der Waals surface area contributed by atoms with Gasteiger partial charge < -0.3 is 0 Å². The molecule has 2 aliphatic rings. The molecule has 2 bridgehead atoms. The molecule has 0 saturated heterocycles. The van der Waals surface area contributed by atoms with E-state index in [1.165, 1.54) is 48.8 Å². The van der Waals surface area contributed by atoms with Crippen LogP contribution in [0.5, 0.6) is 0 Å². The minimum atomic E-state index is -1.57. The Labute approximate surface area is 154 Å². The Morgan fingerprint density at radius 3 is 2.32 bits per heavy atom. The zero-order valence-electron chi connectivity index (χ0n) is 16.1. The Morgan fingerprint density at radius 1 is 0.840 bits per heavy atom. The van der Waals surface area contributed by atoms with E-state index in [2.05, 4.69) is 69.8 Å². The van der Waals surface area contributed by atoms with E-state index in [0.29, 0.717) is 0 Å². The van der Waals surface area contributed by atoms with Gasteiger partial charge in [0.2, 0.25) is 0 Å². The standard InChI is InChI=1S/C24H29Si/c1-5-6-7-8-9-20-16-19-14-15-21-22(18-12-10-17(2)11-13-18)23(19)24(20)25(21,3)4/h10-16H,5-9H2,1-4H3. The molecular formula is C24H29Si. The lowest BCUT2D eigenvalue weighted by atomic mass is 9.96. The Morgan fingerprint density at radius 2 is 1.60 bits per heavy atom. The molecule has 1 aliphatic heterocycles. The van der Waals surface area contributed by atoms with Crippen molar-refractivity contribution in [1.82, 2.24) is 0 Å². The molecule has 0 N–H and O–H groups in total. The first kappa shape index (κ1) is 16.8. The summed E-state index contributed by atoms with van der Waals surface area (Å²) in [7, 11) is -1.57. The average Bonchev–Trinajstić information content (AvgIpc) is 3.04. The molecule has 0 atom stereocenters. The molecule has 0 spiro atoms. The van der Waals surface area contributed by atoms with E-state index in [1.807, 2.05) is 0 Å². The highest BCUT2D eigenvalue weighted by Gasteiger charge is 2.45. The number of unbranched alkanes of at least 4 members (excludes halogenated alkanes) is 3. The summed E-state index contributed by atoms with van der Waals surface area (Å²) in [6.07, 6.45) is 9.17. The van der Waals surface area contributed by atoms with Gasteiger partial charge in [-0.1, -0.05) is 86.8 Å². The molecule has 1 heterocycles. The molecule has 1 radical (unpaired) electrons. The molecule has 2 aromatic rings. The van der Waals surface area contributed by atoms with E-state index in [1.54, 1.807) is 27.1 Å². The SMILES string of the molecule is CCCCCCC1=C2c3c(ccc(c3-c3ccc(C)cc3)[Si]2(C)C)[CH]1. The highest BCUT2D eigenvalue weighted by molar-refractivity contribution is 7.07. The van der Waals surface area contributed by atoms with Crippen molar-refractivity contribution in [3.05, 3.63) is 65.1 Å². The first-order chi connectivity index (χ1) is 12.0. The Hall–Kier alpha value is -1.60. The third-order valence-electron chi connectivity index (χ3n) is 6.08. The van der Waals surface area contributed by atoms with E-state index >= 15 is 0 Å². The minimum absolute atomic E-state index is 1.26. The first-order valence-corrected chi connectivity index (χ1v) is 12.9. The van der Waals surface area contributed by atoms with Crippen LogP contribution in [0, 0.1) is 13.3 Å². The minimum Gasteiger partial charge on any atom is -0.0654 e. The van der Waals surface area contributed by atoms with Crippen molar-refractivity contribution < 1.29 is 0 Å². The largest absolute Gasteiger partial charge is 0.113 e. The normalized spacial score (nSPS) is 16.8. The average molecular weight is 346 g/mol. The first-order valence-electron chi connectivity index (χ1n) is 9.87. The van der Waals surface area contributed by atoms with Gasteiger partial charge >= 0.3 is 0 Å². The van der Waals surface area contributed by atoms with Gasteiger partial charge in [0.15, 0.2) is 0 Å². The number of fused-ring (bicyclic) bond motifs is 1. The van der Waals surface area contributed by atoms with Crippen LogP contribution < -0.4 is 5.19 Å². The van der Waals surface area contributed by atoms with E-state index < -0.39 is 8.07 Å². The molecule has 129 valence electrons. The number of rotatable bonds is 6. The number of allylic oxidation sites excluding steroid dienone is 1. The molecule has 0 saturated carbocycles. The summed E-state index contributed by atoms with van der Waals surface area (Å²) in [5.41, 5.74) is 9.01. The summed E-state index contributed by atoms with van der Waals surface area (Å²) < 4.78 is 0. The second-order valence-corrected chi connectivity index (χ2v) is 12.6. The molecule has 0 nitrogen and oxygen atoms in total. The molecular weight excluding hydrogens is 316 g/mol. The van der Waals surface area contributed by atoms with Gasteiger partial charge in [-0.15, -0.1) is 0 Å². The summed E-state index contributed by atoms with van der Waals surface area (Å²) in [4.78, 5) is 0. The summed E-state index contributed by atoms with van der Waals surface area (Å²) in [5.74, 6) is 0. The molecule has 1 aliphatic carbocycles. The van der Waals surface area contributed by atoms with Gasteiger partial charge in [0.1, 0.15) is 8.07 Å². The fraction of sp³-hybridized carbons (Fsp3) is 0.375. The summed E-state index contributed by atoms with van der Waals surface area (Å²) >= 11 is 0. The monoisotopic (exact) mass is 345 g/mol. The van der Waals surface area contributed by atoms with Gasteiger partial charge in [-0.05, 0) is 52.4 Å². The van der Waals surface area contributed by atoms with Gasteiger partial charge in [0, 0.05) is 6.42 Å². The summed E-state index contributed by atoms with van der Waals surface area (Å²) in [6, 6.07) is 14.0.